The molecule has 5 rings (SSSR count). The quantitative estimate of drug-likeness (QED) is 0.153. The molecule has 3 heterocycles. The number of aliphatic hydroxyl groups excluding tert-OH is 1. The zero-order chi connectivity index (χ0) is 30.7. The number of hydrogen-bond donors (Lipinski definition) is 4. The van der Waals surface area contributed by atoms with E-state index in [1.807, 2.05) is 29.9 Å². The summed E-state index contributed by atoms with van der Waals surface area (Å²) in [6.45, 7) is 6.10. The summed E-state index contributed by atoms with van der Waals surface area (Å²) in [5.74, 6) is 1.35. The maximum Gasteiger partial charge on any atom is 0.257 e. The molecule has 1 aliphatic heterocycles. The summed E-state index contributed by atoms with van der Waals surface area (Å²) in [4.78, 5) is 15.3. The van der Waals surface area contributed by atoms with Gasteiger partial charge in [-0.3, -0.25) is 15.0 Å². The van der Waals surface area contributed by atoms with Gasteiger partial charge < -0.3 is 30.0 Å². The Balaban J connectivity index is 1.23. The molecule has 1 aliphatic carbocycles. The molecule has 2 aliphatic rings. The van der Waals surface area contributed by atoms with Crippen molar-refractivity contribution in [1.29, 1.82) is 5.41 Å². The van der Waals surface area contributed by atoms with E-state index in [0.29, 0.717) is 40.9 Å². The molecule has 236 valence electrons. The number of aliphatic imine (C=N–C) groups is 1. The molecular formula is C30H40ClN9O4. The van der Waals surface area contributed by atoms with Crippen LogP contribution in [-0.4, -0.2) is 101 Å². The third-order valence-electron chi connectivity index (χ3n) is 7.77. The van der Waals surface area contributed by atoms with Crippen LogP contribution in [0.3, 0.4) is 0 Å². The van der Waals surface area contributed by atoms with Gasteiger partial charge in [0.05, 0.1) is 50.0 Å². The first-order chi connectivity index (χ1) is 21.5. The van der Waals surface area contributed by atoms with Gasteiger partial charge in [-0.1, -0.05) is 17.7 Å². The van der Waals surface area contributed by atoms with Gasteiger partial charge in [-0.25, -0.2) is 15.0 Å². The fraction of sp³-hybridized carbons (Fsp3) is 0.500. The number of benzene rings is 1. The van der Waals surface area contributed by atoms with Crippen molar-refractivity contribution < 1.29 is 19.3 Å². The second kappa shape index (κ2) is 15.8. The zero-order valence-electron chi connectivity index (χ0n) is 24.9. The Hall–Kier alpha value is -3.78. The first-order valence-corrected chi connectivity index (χ1v) is 15.4. The Morgan fingerprint density at radius 1 is 1.16 bits per heavy atom. The van der Waals surface area contributed by atoms with Gasteiger partial charge in [0, 0.05) is 37.1 Å². The highest BCUT2D eigenvalue weighted by Crippen LogP contribution is 2.35. The molecule has 3 aromatic rings. The van der Waals surface area contributed by atoms with Crippen LogP contribution in [-0.2, 0) is 4.74 Å². The normalized spacial score (nSPS) is 19.9. The Morgan fingerprint density at radius 3 is 2.64 bits per heavy atom. The summed E-state index contributed by atoms with van der Waals surface area (Å²) in [6.07, 6.45) is 11.9. The van der Waals surface area contributed by atoms with Gasteiger partial charge >= 0.3 is 0 Å². The Kier molecular flexibility index (Phi) is 11.4. The number of hydrogen-bond acceptors (Lipinski definition) is 10. The predicted octanol–water partition coefficient (Wildman–Crippen LogP) is 3.92. The van der Waals surface area contributed by atoms with Gasteiger partial charge in [-0.15, -0.1) is 5.10 Å². The van der Waals surface area contributed by atoms with E-state index < -0.39 is 0 Å². The third kappa shape index (κ3) is 8.44. The van der Waals surface area contributed by atoms with Gasteiger partial charge in [0.2, 0.25) is 5.95 Å². The van der Waals surface area contributed by atoms with Crippen molar-refractivity contribution in [3.8, 4) is 22.8 Å². The number of nitrogens with zero attached hydrogens (tertiary/aromatic N) is 6. The summed E-state index contributed by atoms with van der Waals surface area (Å²) in [6, 6.07) is 6.40. The lowest BCUT2D eigenvalue weighted by molar-refractivity contribution is 0.00502. The molecule has 1 atom stereocenters. The van der Waals surface area contributed by atoms with Crippen LogP contribution in [0.25, 0.3) is 11.1 Å². The number of rotatable bonds is 14. The molecule has 0 spiro atoms. The van der Waals surface area contributed by atoms with Crippen molar-refractivity contribution in [2.45, 2.75) is 50.8 Å². The third-order valence-corrected chi connectivity index (χ3v) is 8.08. The van der Waals surface area contributed by atoms with Crippen LogP contribution in [0.15, 0.2) is 41.8 Å². The molecular weight excluding hydrogens is 586 g/mol. The van der Waals surface area contributed by atoms with E-state index in [2.05, 4.69) is 30.5 Å². The summed E-state index contributed by atoms with van der Waals surface area (Å²) in [7, 11) is 0. The van der Waals surface area contributed by atoms with E-state index in [1.54, 1.807) is 18.5 Å². The molecule has 2 aromatic heterocycles. The molecule has 13 nitrogen and oxygen atoms in total. The number of aliphatic hydroxyl groups is 1. The Morgan fingerprint density at radius 2 is 1.91 bits per heavy atom. The van der Waals surface area contributed by atoms with Crippen LogP contribution < -0.4 is 20.1 Å². The summed E-state index contributed by atoms with van der Waals surface area (Å²) in [5.41, 5.74) is 2.30. The fourth-order valence-electron chi connectivity index (χ4n) is 5.53. The van der Waals surface area contributed by atoms with E-state index in [1.165, 1.54) is 6.34 Å². The molecule has 1 aromatic carbocycles. The zero-order valence-corrected chi connectivity index (χ0v) is 25.6. The molecule has 2 fully saturated rings. The molecule has 44 heavy (non-hydrogen) atoms. The van der Waals surface area contributed by atoms with Crippen LogP contribution in [0.4, 0.5) is 11.6 Å². The molecule has 1 saturated heterocycles. The minimum atomic E-state index is -0.189. The molecule has 0 amide bonds. The lowest BCUT2D eigenvalue weighted by atomic mass is 9.90. The number of anilines is 2. The largest absolute Gasteiger partial charge is 0.487 e. The minimum Gasteiger partial charge on any atom is -0.487 e. The van der Waals surface area contributed by atoms with Crippen molar-refractivity contribution in [2.24, 2.45) is 4.99 Å². The van der Waals surface area contributed by atoms with Crippen LogP contribution in [0.1, 0.15) is 38.6 Å². The smallest absolute Gasteiger partial charge is 0.257 e. The molecule has 1 saturated carbocycles. The second-order valence-corrected chi connectivity index (χ2v) is 11.2. The number of halogens is 1. The van der Waals surface area contributed by atoms with Crippen LogP contribution in [0.2, 0.25) is 5.02 Å². The maximum atomic E-state index is 9.35. The van der Waals surface area contributed by atoms with Crippen molar-refractivity contribution in [2.75, 3.05) is 51.4 Å². The Labute approximate surface area is 262 Å². The highest BCUT2D eigenvalue weighted by atomic mass is 35.5. The molecule has 0 unspecified atom stereocenters. The van der Waals surface area contributed by atoms with E-state index in [4.69, 9.17) is 36.3 Å². The van der Waals surface area contributed by atoms with Gasteiger partial charge in [0.1, 0.15) is 30.5 Å². The molecule has 0 radical (unpaired) electrons. The molecule has 0 bridgehead atoms. The SMILES string of the molecule is C[C@@H](CN/C=N\C=N)Oc1cc(-c2cnc(Nc3cn([C@H]4CC[C@H](N5CCOCC5)CC4)nc3OCCO)nc2)ccc1Cl. The topological polar surface area (TPSA) is 155 Å². The van der Waals surface area contributed by atoms with Crippen LogP contribution in [0, 0.1) is 5.41 Å². The second-order valence-electron chi connectivity index (χ2n) is 10.8. The standard InChI is InChI=1S/C30H40ClN9O4/c1-21(15-33-20-34-19-32)44-28-14-22(2-7-26(28)31)23-16-35-30(36-17-23)37-27-18-40(38-29(27)43-13-10-41)25-5-3-24(4-6-25)39-8-11-42-12-9-39/h2,7,14,16-21,24-25,41H,3-6,8-13,15H2,1H3,(H2,32,33,34)(H,35,36,37)/t21-,24-,25-/m0/s1. The first kappa shape index (κ1) is 31.6. The average molecular weight is 626 g/mol. The summed E-state index contributed by atoms with van der Waals surface area (Å²) < 4.78 is 19.3. The van der Waals surface area contributed by atoms with E-state index in [-0.39, 0.29) is 25.4 Å². The van der Waals surface area contributed by atoms with Gasteiger partial charge in [-0.2, -0.15) is 0 Å². The Bertz CT molecular complexity index is 1370. The van der Waals surface area contributed by atoms with E-state index in [0.717, 1.165) is 69.5 Å². The minimum absolute atomic E-state index is 0.108. The fourth-order valence-corrected chi connectivity index (χ4v) is 5.69. The van der Waals surface area contributed by atoms with E-state index >= 15 is 0 Å². The van der Waals surface area contributed by atoms with Crippen molar-refractivity contribution in [3.05, 3.63) is 41.8 Å². The number of nitrogens with one attached hydrogen (secondary N) is 3. The highest BCUT2D eigenvalue weighted by molar-refractivity contribution is 6.32. The van der Waals surface area contributed by atoms with Gasteiger partial charge in [-0.05, 0) is 50.3 Å². The van der Waals surface area contributed by atoms with Crippen LogP contribution >= 0.6 is 11.6 Å². The van der Waals surface area contributed by atoms with Crippen LogP contribution in [0.5, 0.6) is 11.6 Å². The predicted molar refractivity (Wildman–Crippen MR) is 170 cm³/mol. The molecule has 14 heteroatoms. The number of morpholine rings is 1. The summed E-state index contributed by atoms with van der Waals surface area (Å²) in [5, 5.41) is 27.7. The lowest BCUT2D eigenvalue weighted by Gasteiger charge is -2.38. The van der Waals surface area contributed by atoms with Gasteiger partial charge in [0.25, 0.3) is 5.88 Å². The highest BCUT2D eigenvalue weighted by Gasteiger charge is 2.29. The van der Waals surface area contributed by atoms with Crippen molar-refractivity contribution in [1.82, 2.24) is 30.0 Å². The lowest BCUT2D eigenvalue weighted by Crippen LogP contribution is -2.45. The first-order valence-electron chi connectivity index (χ1n) is 15.0. The van der Waals surface area contributed by atoms with E-state index in [9.17, 15) is 5.11 Å². The number of aromatic nitrogens is 4. The van der Waals surface area contributed by atoms with Crippen molar-refractivity contribution in [3.63, 3.8) is 0 Å². The number of ether oxygens (including phenoxy) is 3. The van der Waals surface area contributed by atoms with Gasteiger partial charge in [0.15, 0.2) is 0 Å². The van der Waals surface area contributed by atoms with Crippen molar-refractivity contribution >= 4 is 35.9 Å². The average Bonchev–Trinajstić information content (AvgIpc) is 3.46. The maximum absolute atomic E-state index is 9.35. The summed E-state index contributed by atoms with van der Waals surface area (Å²) >= 11 is 6.39. The monoisotopic (exact) mass is 625 g/mol. The molecule has 4 N–H and O–H groups in total.